The monoisotopic (exact) mass is 515 g/mol. The number of fused-ring (bicyclic) bond motifs is 5. The molecule has 0 unspecified atom stereocenters. The second-order valence-electron chi connectivity index (χ2n) is 12.7. The van der Waals surface area contributed by atoms with Gasteiger partial charge >= 0.3 is 0 Å². The summed E-state index contributed by atoms with van der Waals surface area (Å²) < 4.78 is 30.5. The second kappa shape index (κ2) is 9.53. The fourth-order valence-electron chi connectivity index (χ4n) is 9.18. The van der Waals surface area contributed by atoms with E-state index in [1.54, 1.807) is 0 Å². The molecule has 0 saturated heterocycles. The molecule has 0 bridgehead atoms. The van der Waals surface area contributed by atoms with Crippen molar-refractivity contribution in [3.05, 3.63) is 0 Å². The molecule has 0 aromatic carbocycles. The van der Waals surface area contributed by atoms with E-state index in [4.69, 9.17) is 4.55 Å². The van der Waals surface area contributed by atoms with E-state index >= 15 is 0 Å². The van der Waals surface area contributed by atoms with E-state index in [0.29, 0.717) is 18.8 Å². The van der Waals surface area contributed by atoms with Gasteiger partial charge in [0.15, 0.2) is 0 Å². The van der Waals surface area contributed by atoms with Gasteiger partial charge in [0.2, 0.25) is 5.91 Å². The van der Waals surface area contributed by atoms with Gasteiger partial charge in [-0.05, 0) is 92.8 Å². The summed E-state index contributed by atoms with van der Waals surface area (Å²) in [5, 5.41) is 36.7. The van der Waals surface area contributed by atoms with Gasteiger partial charge in [0.05, 0.1) is 23.6 Å². The molecule has 4 rings (SSSR count). The van der Waals surface area contributed by atoms with E-state index in [2.05, 4.69) is 26.1 Å². The lowest BCUT2D eigenvalue weighted by Crippen LogP contribution is -2.67. The number of amides is 1. The highest BCUT2D eigenvalue weighted by atomic mass is 32.2. The number of hydrogen-bond acceptors (Lipinski definition) is 6. The maximum Gasteiger partial charge on any atom is 0.266 e. The lowest BCUT2D eigenvalue weighted by molar-refractivity contribution is -0.254. The molecule has 0 heterocycles. The molecule has 0 spiro atoms. The number of aliphatic hydroxyl groups is 3. The van der Waals surface area contributed by atoms with Crippen molar-refractivity contribution >= 4 is 16.0 Å². The highest BCUT2D eigenvalue weighted by Gasteiger charge is 2.69. The molecule has 0 aliphatic heterocycles. The molecule has 10 atom stereocenters. The first kappa shape index (κ1) is 27.3. The fraction of sp³-hybridized carbons (Fsp3) is 0.962. The van der Waals surface area contributed by atoms with Gasteiger partial charge < -0.3 is 20.6 Å². The van der Waals surface area contributed by atoms with Crippen LogP contribution in [0.5, 0.6) is 0 Å². The SMILES string of the molecule is C[C@H](CCC(=O)NCCS(=O)(=O)O)[C@@H]1CC[C@@H]2[C@@]3(O)CC[C@H]4C[C@@H](O)CC[C@]4(C)[C@@H]3C[C@@H](O)[C@@]21C. The standard InChI is InChI=1S/C26H45NO7S/c1-16(4-7-23(30)27-12-13-35(32,33)34)19-5-6-20-25(19,3)22(29)15-21-24(2)10-9-18(28)14-17(24)8-11-26(20,21)31/h16-22,28-29,31H,4-15H2,1-3H3,(H,27,30)(H,32,33,34)/t16-,17+,18+,19+,20+,21+,22-,24+,25-,26+/m1/s1. The van der Waals surface area contributed by atoms with Crippen LogP contribution in [-0.4, -0.2) is 64.3 Å². The Bertz CT molecular complexity index is 911. The van der Waals surface area contributed by atoms with Crippen molar-refractivity contribution in [2.75, 3.05) is 12.3 Å². The summed E-state index contributed by atoms with van der Waals surface area (Å²) in [5.41, 5.74) is -1.27. The van der Waals surface area contributed by atoms with Crippen molar-refractivity contribution in [1.29, 1.82) is 0 Å². The highest BCUT2D eigenvalue weighted by Crippen LogP contribution is 2.69. The minimum atomic E-state index is -4.10. The third kappa shape index (κ3) is 4.80. The molecule has 9 heteroatoms. The first-order valence-electron chi connectivity index (χ1n) is 13.5. The molecular weight excluding hydrogens is 470 g/mol. The molecule has 35 heavy (non-hydrogen) atoms. The summed E-state index contributed by atoms with van der Waals surface area (Å²) in [6.45, 7) is 6.44. The van der Waals surface area contributed by atoms with E-state index in [0.717, 1.165) is 44.9 Å². The van der Waals surface area contributed by atoms with Crippen molar-refractivity contribution in [1.82, 2.24) is 5.32 Å². The van der Waals surface area contributed by atoms with Crippen LogP contribution in [0.4, 0.5) is 0 Å². The van der Waals surface area contributed by atoms with Gasteiger partial charge in [-0.15, -0.1) is 0 Å². The van der Waals surface area contributed by atoms with E-state index < -0.39 is 33.0 Å². The van der Waals surface area contributed by atoms with Gasteiger partial charge in [-0.1, -0.05) is 20.8 Å². The Labute approximate surface area is 210 Å². The lowest BCUT2D eigenvalue weighted by atomic mass is 9.42. The average molecular weight is 516 g/mol. The van der Waals surface area contributed by atoms with Crippen LogP contribution in [0.3, 0.4) is 0 Å². The smallest absolute Gasteiger partial charge is 0.266 e. The van der Waals surface area contributed by atoms with Gasteiger partial charge in [0.1, 0.15) is 0 Å². The van der Waals surface area contributed by atoms with Crippen LogP contribution in [0, 0.1) is 40.4 Å². The molecule has 0 aromatic heterocycles. The zero-order valence-electron chi connectivity index (χ0n) is 21.4. The maximum absolute atomic E-state index is 12.3. The topological polar surface area (TPSA) is 144 Å². The van der Waals surface area contributed by atoms with Crippen molar-refractivity contribution < 1.29 is 33.1 Å². The van der Waals surface area contributed by atoms with Crippen LogP contribution in [-0.2, 0) is 14.9 Å². The van der Waals surface area contributed by atoms with E-state index in [1.165, 1.54) is 0 Å². The summed E-state index contributed by atoms with van der Waals surface area (Å²) in [4.78, 5) is 12.2. The van der Waals surface area contributed by atoms with Crippen LogP contribution in [0.2, 0.25) is 0 Å². The van der Waals surface area contributed by atoms with E-state index in [1.807, 2.05) is 0 Å². The van der Waals surface area contributed by atoms with Crippen LogP contribution in [0.1, 0.15) is 85.0 Å². The Morgan fingerprint density at radius 2 is 1.77 bits per heavy atom. The van der Waals surface area contributed by atoms with Crippen molar-refractivity contribution in [2.24, 2.45) is 40.4 Å². The van der Waals surface area contributed by atoms with Gasteiger partial charge in [-0.2, -0.15) is 8.42 Å². The Morgan fingerprint density at radius 1 is 1.06 bits per heavy atom. The van der Waals surface area contributed by atoms with Crippen LogP contribution >= 0.6 is 0 Å². The van der Waals surface area contributed by atoms with Gasteiger partial charge in [-0.25, -0.2) is 0 Å². The molecule has 8 nitrogen and oxygen atoms in total. The summed E-state index contributed by atoms with van der Waals surface area (Å²) in [6, 6.07) is 0. The Morgan fingerprint density at radius 3 is 2.46 bits per heavy atom. The Hall–Kier alpha value is -0.740. The third-order valence-corrected chi connectivity index (χ3v) is 11.8. The predicted octanol–water partition coefficient (Wildman–Crippen LogP) is 2.51. The van der Waals surface area contributed by atoms with Gasteiger partial charge in [0, 0.05) is 18.4 Å². The molecule has 202 valence electrons. The first-order chi connectivity index (χ1) is 16.2. The second-order valence-corrected chi connectivity index (χ2v) is 14.3. The van der Waals surface area contributed by atoms with E-state index in [-0.39, 0.29) is 54.1 Å². The fourth-order valence-corrected chi connectivity index (χ4v) is 9.54. The number of carbonyl (C=O) groups excluding carboxylic acids is 1. The predicted molar refractivity (Wildman–Crippen MR) is 132 cm³/mol. The van der Waals surface area contributed by atoms with Crippen molar-refractivity contribution in [2.45, 2.75) is 103 Å². The summed E-state index contributed by atoms with van der Waals surface area (Å²) in [7, 11) is -4.10. The number of hydrogen-bond donors (Lipinski definition) is 5. The van der Waals surface area contributed by atoms with Crippen LogP contribution in [0.25, 0.3) is 0 Å². The largest absolute Gasteiger partial charge is 0.393 e. The molecular formula is C26H45NO7S. The van der Waals surface area contributed by atoms with Crippen molar-refractivity contribution in [3.8, 4) is 0 Å². The number of rotatable bonds is 7. The maximum atomic E-state index is 12.3. The zero-order chi connectivity index (χ0) is 25.8. The minimum absolute atomic E-state index is 0.0180. The molecule has 4 aliphatic carbocycles. The van der Waals surface area contributed by atoms with Crippen LogP contribution < -0.4 is 5.32 Å². The quantitative estimate of drug-likeness (QED) is 0.328. The zero-order valence-corrected chi connectivity index (χ0v) is 22.3. The molecule has 0 radical (unpaired) electrons. The first-order valence-corrected chi connectivity index (χ1v) is 15.1. The molecule has 5 N–H and O–H groups in total. The number of aliphatic hydroxyl groups excluding tert-OH is 2. The minimum Gasteiger partial charge on any atom is -0.393 e. The molecule has 0 aromatic rings. The Kier molecular flexibility index (Phi) is 7.43. The summed E-state index contributed by atoms with van der Waals surface area (Å²) in [5.74, 6) is 0.0702. The molecule has 4 fully saturated rings. The summed E-state index contributed by atoms with van der Waals surface area (Å²) >= 11 is 0. The average Bonchev–Trinajstić information content (AvgIpc) is 3.14. The highest BCUT2D eigenvalue weighted by molar-refractivity contribution is 7.85. The van der Waals surface area contributed by atoms with Gasteiger partial charge in [0.25, 0.3) is 10.1 Å². The van der Waals surface area contributed by atoms with E-state index in [9.17, 15) is 28.5 Å². The molecule has 4 saturated carbocycles. The Balaban J connectivity index is 1.44. The number of carbonyl (C=O) groups is 1. The van der Waals surface area contributed by atoms with Crippen LogP contribution in [0.15, 0.2) is 0 Å². The number of nitrogens with one attached hydrogen (secondary N) is 1. The van der Waals surface area contributed by atoms with Gasteiger partial charge in [-0.3, -0.25) is 9.35 Å². The molecule has 1 amide bonds. The third-order valence-electron chi connectivity index (χ3n) is 11.1. The lowest BCUT2D eigenvalue weighted by Gasteiger charge is -2.65. The van der Waals surface area contributed by atoms with Crippen molar-refractivity contribution in [3.63, 3.8) is 0 Å². The summed E-state index contributed by atoms with van der Waals surface area (Å²) in [6.07, 6.45) is 6.61. The normalized spacial score (nSPS) is 46.3. The molecule has 4 aliphatic rings.